The molecule has 194 valence electrons. The van der Waals surface area contributed by atoms with Crippen LogP contribution in [0.2, 0.25) is 0 Å². The maximum absolute atomic E-state index is 3.73. The third kappa shape index (κ3) is 7.03. The minimum absolute atomic E-state index is 0. The van der Waals surface area contributed by atoms with E-state index in [1.165, 1.54) is 61.2 Å². The van der Waals surface area contributed by atoms with Crippen molar-refractivity contribution in [3.63, 3.8) is 0 Å². The van der Waals surface area contributed by atoms with Gasteiger partial charge in [0.1, 0.15) is 0 Å². The van der Waals surface area contributed by atoms with Gasteiger partial charge in [-0.25, -0.2) is 5.57 Å². The number of halogens is 3. The van der Waals surface area contributed by atoms with E-state index in [9.17, 15) is 0 Å². The van der Waals surface area contributed by atoms with E-state index in [-0.39, 0.29) is 64.4 Å². The van der Waals surface area contributed by atoms with E-state index < -0.39 is 0 Å². The molecule has 0 aromatic heterocycles. The predicted octanol–water partition coefficient (Wildman–Crippen LogP) is -0.403. The van der Waals surface area contributed by atoms with Gasteiger partial charge in [0.15, 0.2) is 0 Å². The average Bonchev–Trinajstić information content (AvgIpc) is 3.17. The van der Waals surface area contributed by atoms with Crippen LogP contribution in [0, 0.1) is 53.5 Å². The molecule has 1 aliphatic carbocycles. The number of benzene rings is 3. The Balaban J connectivity index is 0.00000324. The molecule has 4 rings (SSSR count). The van der Waals surface area contributed by atoms with Crippen LogP contribution in [0.4, 0.5) is 0 Å². The van der Waals surface area contributed by atoms with Gasteiger partial charge < -0.3 is 37.2 Å². The maximum atomic E-state index is 3.73. The number of aryl methyl sites for hydroxylation is 6. The van der Waals surface area contributed by atoms with Crippen molar-refractivity contribution >= 4 is 0 Å². The second kappa shape index (κ2) is 14.2. The average molecular weight is 588 g/mol. The minimum atomic E-state index is -0.382. The fourth-order valence-corrected chi connectivity index (χ4v) is 5.88. The summed E-state index contributed by atoms with van der Waals surface area (Å²) in [6, 6.07) is 21.3. The molecule has 0 unspecified atom stereocenters. The molecule has 4 heteroatoms. The van der Waals surface area contributed by atoms with E-state index in [0.717, 1.165) is 6.42 Å². The van der Waals surface area contributed by atoms with Crippen molar-refractivity contribution in [2.24, 2.45) is 5.92 Å². The SMILES string of the molecule is Cc1cc(C)cc(C(C2=CC[C-]=C2C(C)C)(c2cc(C)cc(C)c2)c2cc(C)cc(C)c2)c1.[Cl-].[Cl-].[Cl-].[Ti+4]. The zero-order chi connectivity index (χ0) is 23.9. The van der Waals surface area contributed by atoms with Gasteiger partial charge in [0.2, 0.25) is 0 Å². The summed E-state index contributed by atoms with van der Waals surface area (Å²) >= 11 is 0. The standard InChI is InChI=1S/C33H37.3ClH.Ti/c1-21(2)31-10-9-11-32(31)33(28-15-22(3)12-23(4)16-28,29-17-24(5)13-25(6)18-29)30-19-26(7)14-27(8)20-30;;;;/h11-21H,9H2,1-8H3;3*1H;/q-1;;;;+4/p-3. The smallest absolute Gasteiger partial charge is 1.00 e. The van der Waals surface area contributed by atoms with Gasteiger partial charge in [-0.2, -0.15) is 11.6 Å². The van der Waals surface area contributed by atoms with Gasteiger partial charge in [-0.3, -0.25) is 6.08 Å². The first-order chi connectivity index (χ1) is 15.6. The summed E-state index contributed by atoms with van der Waals surface area (Å²) in [5, 5.41) is 0. The number of hydrogen-bond acceptors (Lipinski definition) is 0. The van der Waals surface area contributed by atoms with Crippen LogP contribution >= 0.6 is 0 Å². The second-order valence-electron chi connectivity index (χ2n) is 10.4. The molecule has 1 aliphatic rings. The molecular formula is C33H37Cl3Ti. The summed E-state index contributed by atoms with van der Waals surface area (Å²) in [5.41, 5.74) is 14.3. The van der Waals surface area contributed by atoms with Crippen LogP contribution < -0.4 is 37.2 Å². The van der Waals surface area contributed by atoms with Crippen LogP contribution in [0.3, 0.4) is 0 Å². The van der Waals surface area contributed by atoms with Gasteiger partial charge in [-0.15, -0.1) is 6.42 Å². The first kappa shape index (κ1) is 35.7. The molecule has 0 nitrogen and oxygen atoms in total. The van der Waals surface area contributed by atoms with Crippen LogP contribution in [0.15, 0.2) is 71.8 Å². The van der Waals surface area contributed by atoms with E-state index in [4.69, 9.17) is 0 Å². The summed E-state index contributed by atoms with van der Waals surface area (Å²) in [6.45, 7) is 17.9. The topological polar surface area (TPSA) is 0 Å². The van der Waals surface area contributed by atoms with E-state index in [1.807, 2.05) is 0 Å². The molecular weight excluding hydrogens is 551 g/mol. The van der Waals surface area contributed by atoms with Crippen LogP contribution in [0.1, 0.15) is 70.3 Å². The Labute approximate surface area is 258 Å². The van der Waals surface area contributed by atoms with E-state index in [0.29, 0.717) is 5.92 Å². The van der Waals surface area contributed by atoms with E-state index in [1.54, 1.807) is 0 Å². The Morgan fingerprint density at radius 1 is 0.568 bits per heavy atom. The largest absolute Gasteiger partial charge is 4.00 e. The van der Waals surface area contributed by atoms with Crippen molar-refractivity contribution < 1.29 is 58.9 Å². The van der Waals surface area contributed by atoms with Crippen molar-refractivity contribution in [2.75, 3.05) is 0 Å². The number of allylic oxidation sites excluding steroid dienone is 4. The van der Waals surface area contributed by atoms with Crippen LogP contribution in [-0.2, 0) is 27.1 Å². The second-order valence-corrected chi connectivity index (χ2v) is 10.4. The molecule has 0 aliphatic heterocycles. The monoisotopic (exact) mass is 586 g/mol. The predicted molar refractivity (Wildman–Crippen MR) is 142 cm³/mol. The van der Waals surface area contributed by atoms with Gasteiger partial charge in [0, 0.05) is 5.41 Å². The molecule has 0 atom stereocenters. The fraction of sp³-hybridized carbons (Fsp3) is 0.333. The number of hydrogen-bond donors (Lipinski definition) is 0. The summed E-state index contributed by atoms with van der Waals surface area (Å²) in [7, 11) is 0. The van der Waals surface area contributed by atoms with Crippen molar-refractivity contribution in [3.05, 3.63) is 128 Å². The Hall–Kier alpha value is -1.28. The number of rotatable bonds is 5. The molecule has 0 bridgehead atoms. The van der Waals surface area contributed by atoms with E-state index >= 15 is 0 Å². The summed E-state index contributed by atoms with van der Waals surface area (Å²) in [5.74, 6) is 0.417. The van der Waals surface area contributed by atoms with Gasteiger partial charge in [0.25, 0.3) is 0 Å². The zero-order valence-electron chi connectivity index (χ0n) is 23.2. The Morgan fingerprint density at radius 3 is 1.14 bits per heavy atom. The molecule has 3 aromatic carbocycles. The van der Waals surface area contributed by atoms with E-state index in [2.05, 4.69) is 122 Å². The third-order valence-electron chi connectivity index (χ3n) is 6.83. The molecule has 37 heavy (non-hydrogen) atoms. The molecule has 0 amide bonds. The molecule has 0 radical (unpaired) electrons. The van der Waals surface area contributed by atoms with Crippen LogP contribution in [0.5, 0.6) is 0 Å². The van der Waals surface area contributed by atoms with Gasteiger partial charge in [-0.05, 0) is 58.2 Å². The summed E-state index contributed by atoms with van der Waals surface area (Å²) < 4.78 is 0. The molecule has 0 heterocycles. The molecule has 0 N–H and O–H groups in total. The molecule has 0 saturated carbocycles. The van der Waals surface area contributed by atoms with Crippen LogP contribution in [0.25, 0.3) is 0 Å². The normalized spacial score (nSPS) is 12.5. The maximum Gasteiger partial charge on any atom is 4.00 e. The Kier molecular flexibility index (Phi) is 13.7. The van der Waals surface area contributed by atoms with Gasteiger partial charge >= 0.3 is 21.7 Å². The summed E-state index contributed by atoms with van der Waals surface area (Å²) in [6.07, 6.45) is 7.05. The van der Waals surface area contributed by atoms with Crippen molar-refractivity contribution in [3.8, 4) is 0 Å². The molecule has 3 aromatic rings. The van der Waals surface area contributed by atoms with Crippen molar-refractivity contribution in [1.29, 1.82) is 0 Å². The van der Waals surface area contributed by atoms with Crippen molar-refractivity contribution in [1.82, 2.24) is 0 Å². The molecule has 0 fully saturated rings. The zero-order valence-corrected chi connectivity index (χ0v) is 27.0. The minimum Gasteiger partial charge on any atom is -1.00 e. The van der Waals surface area contributed by atoms with Crippen LogP contribution in [-0.4, -0.2) is 0 Å². The third-order valence-corrected chi connectivity index (χ3v) is 6.83. The first-order valence-corrected chi connectivity index (χ1v) is 12.2. The van der Waals surface area contributed by atoms with Gasteiger partial charge in [0.05, 0.1) is 0 Å². The Bertz CT molecular complexity index is 1100. The quantitative estimate of drug-likeness (QED) is 0.217. The first-order valence-electron chi connectivity index (χ1n) is 12.2. The molecule has 0 spiro atoms. The summed E-state index contributed by atoms with van der Waals surface area (Å²) in [4.78, 5) is 0. The fourth-order valence-electron chi connectivity index (χ4n) is 5.88. The van der Waals surface area contributed by atoms with Gasteiger partial charge in [-0.1, -0.05) is 108 Å². The Morgan fingerprint density at radius 2 is 0.865 bits per heavy atom. The molecule has 0 saturated heterocycles. The van der Waals surface area contributed by atoms with Crippen molar-refractivity contribution in [2.45, 2.75) is 67.2 Å².